The first-order chi connectivity index (χ1) is 18.5. The minimum absolute atomic E-state index is 0.0298. The van der Waals surface area contributed by atoms with Crippen LogP contribution in [0.3, 0.4) is 0 Å². The van der Waals surface area contributed by atoms with E-state index in [0.29, 0.717) is 17.3 Å². The molecule has 0 saturated carbocycles. The first-order valence-electron chi connectivity index (χ1n) is 12.6. The number of ether oxygens (including phenoxy) is 1. The molecule has 2 amide bonds. The summed E-state index contributed by atoms with van der Waals surface area (Å²) in [6.07, 6.45) is 0. The van der Waals surface area contributed by atoms with Crippen molar-refractivity contribution in [2.75, 3.05) is 24.5 Å². The molecular formula is C29H34ClN3O5S. The first-order valence-corrected chi connectivity index (χ1v) is 14.4. The van der Waals surface area contributed by atoms with E-state index in [0.717, 1.165) is 9.87 Å². The second-order valence-corrected chi connectivity index (χ2v) is 11.8. The van der Waals surface area contributed by atoms with Gasteiger partial charge in [-0.05, 0) is 60.9 Å². The van der Waals surface area contributed by atoms with Gasteiger partial charge in [0.25, 0.3) is 10.0 Å². The summed E-state index contributed by atoms with van der Waals surface area (Å²) in [7, 11) is -2.58. The van der Waals surface area contributed by atoms with Crippen LogP contribution in [0.4, 0.5) is 5.69 Å². The zero-order valence-electron chi connectivity index (χ0n) is 22.5. The maximum absolute atomic E-state index is 13.9. The van der Waals surface area contributed by atoms with Crippen LogP contribution in [-0.2, 0) is 26.2 Å². The summed E-state index contributed by atoms with van der Waals surface area (Å²) in [5, 5.41) is 3.19. The van der Waals surface area contributed by atoms with E-state index < -0.39 is 28.5 Å². The molecule has 1 N–H and O–H groups in total. The van der Waals surface area contributed by atoms with Gasteiger partial charge in [0.15, 0.2) is 0 Å². The highest BCUT2D eigenvalue weighted by molar-refractivity contribution is 7.92. The Kier molecular flexibility index (Phi) is 10.4. The number of nitrogens with zero attached hydrogens (tertiary/aromatic N) is 2. The number of rotatable bonds is 12. The molecule has 0 spiro atoms. The van der Waals surface area contributed by atoms with Crippen LogP contribution in [0.1, 0.15) is 26.3 Å². The molecule has 0 fully saturated rings. The third-order valence-corrected chi connectivity index (χ3v) is 8.09. The summed E-state index contributed by atoms with van der Waals surface area (Å²) in [5.74, 6) is 0.00458. The minimum atomic E-state index is -4.14. The molecule has 0 aliphatic carbocycles. The third kappa shape index (κ3) is 7.97. The first kappa shape index (κ1) is 30.0. The predicted octanol–water partition coefficient (Wildman–Crippen LogP) is 4.73. The fraction of sp³-hybridized carbons (Fsp3) is 0.310. The molecule has 0 aliphatic rings. The Morgan fingerprint density at radius 3 is 2.21 bits per heavy atom. The summed E-state index contributed by atoms with van der Waals surface area (Å²) in [5.41, 5.74) is 0.994. The van der Waals surface area contributed by atoms with Gasteiger partial charge in [0, 0.05) is 18.1 Å². The lowest BCUT2D eigenvalue weighted by Gasteiger charge is -2.32. The van der Waals surface area contributed by atoms with Crippen LogP contribution in [0.25, 0.3) is 0 Å². The highest BCUT2D eigenvalue weighted by Gasteiger charge is 2.32. The summed E-state index contributed by atoms with van der Waals surface area (Å²) in [6.45, 7) is 5.59. The van der Waals surface area contributed by atoms with Crippen LogP contribution in [0, 0.1) is 5.92 Å². The molecule has 0 aliphatic heterocycles. The van der Waals surface area contributed by atoms with Gasteiger partial charge >= 0.3 is 0 Å². The third-order valence-electron chi connectivity index (χ3n) is 6.07. The van der Waals surface area contributed by atoms with E-state index >= 15 is 0 Å². The van der Waals surface area contributed by atoms with Crippen LogP contribution in [-0.4, -0.2) is 51.4 Å². The smallest absolute Gasteiger partial charge is 0.264 e. The van der Waals surface area contributed by atoms with Gasteiger partial charge < -0.3 is 15.0 Å². The number of anilines is 1. The van der Waals surface area contributed by atoms with E-state index in [4.69, 9.17) is 16.3 Å². The van der Waals surface area contributed by atoms with Gasteiger partial charge in [-0.25, -0.2) is 8.42 Å². The van der Waals surface area contributed by atoms with Gasteiger partial charge in [-0.1, -0.05) is 61.8 Å². The van der Waals surface area contributed by atoms with Gasteiger partial charge in [-0.2, -0.15) is 0 Å². The summed E-state index contributed by atoms with van der Waals surface area (Å²) in [6, 6.07) is 20.4. The molecule has 3 rings (SSSR count). The fourth-order valence-electron chi connectivity index (χ4n) is 3.84. The Balaban J connectivity index is 1.99. The molecule has 0 saturated heterocycles. The fourth-order valence-corrected chi connectivity index (χ4v) is 5.45. The molecule has 0 aromatic heterocycles. The number of carbonyl (C=O) groups is 2. The summed E-state index contributed by atoms with van der Waals surface area (Å²) < 4.78 is 33.7. The van der Waals surface area contributed by atoms with Crippen molar-refractivity contribution in [2.45, 2.75) is 38.3 Å². The molecule has 39 heavy (non-hydrogen) atoms. The molecule has 1 atom stereocenters. The Morgan fingerprint density at radius 1 is 0.949 bits per heavy atom. The van der Waals surface area contributed by atoms with Crippen molar-refractivity contribution in [2.24, 2.45) is 5.92 Å². The Morgan fingerprint density at radius 2 is 1.62 bits per heavy atom. The monoisotopic (exact) mass is 571 g/mol. The molecule has 8 nitrogen and oxygen atoms in total. The van der Waals surface area contributed by atoms with Crippen LogP contribution < -0.4 is 14.4 Å². The van der Waals surface area contributed by atoms with Crippen LogP contribution in [0.15, 0.2) is 83.8 Å². The SMILES string of the molecule is COc1ccc(CN(C(=O)CN(c2cccc(Cl)c2)S(=O)(=O)c2ccccc2)C(C)C(=O)NCC(C)C)cc1. The Labute approximate surface area is 235 Å². The van der Waals surface area contributed by atoms with Crippen molar-refractivity contribution in [3.05, 3.63) is 89.4 Å². The molecule has 10 heteroatoms. The van der Waals surface area contributed by atoms with Crippen molar-refractivity contribution in [3.8, 4) is 5.75 Å². The van der Waals surface area contributed by atoms with E-state index in [1.807, 2.05) is 13.8 Å². The van der Waals surface area contributed by atoms with Crippen LogP contribution in [0.5, 0.6) is 5.75 Å². The van der Waals surface area contributed by atoms with Crippen LogP contribution in [0.2, 0.25) is 5.02 Å². The molecule has 3 aromatic rings. The van der Waals surface area contributed by atoms with E-state index in [1.165, 1.54) is 23.1 Å². The Bertz CT molecular complexity index is 1370. The largest absolute Gasteiger partial charge is 0.497 e. The lowest BCUT2D eigenvalue weighted by molar-refractivity contribution is -0.139. The second-order valence-electron chi connectivity index (χ2n) is 9.49. The molecule has 0 radical (unpaired) electrons. The molecule has 1 unspecified atom stereocenters. The number of halogens is 1. The van der Waals surface area contributed by atoms with Gasteiger partial charge in [0.1, 0.15) is 18.3 Å². The standard InChI is InChI=1S/C29H34ClN3O5S/c1-21(2)18-31-29(35)22(3)32(19-23-13-15-26(38-4)16-14-23)28(34)20-33(25-10-8-9-24(30)17-25)39(36,37)27-11-6-5-7-12-27/h5-17,21-22H,18-20H2,1-4H3,(H,31,35). The van der Waals surface area contributed by atoms with Crippen molar-refractivity contribution < 1.29 is 22.7 Å². The van der Waals surface area contributed by atoms with Gasteiger partial charge in [-0.3, -0.25) is 13.9 Å². The summed E-state index contributed by atoms with van der Waals surface area (Å²) in [4.78, 5) is 28.3. The minimum Gasteiger partial charge on any atom is -0.497 e. The predicted molar refractivity (Wildman–Crippen MR) is 153 cm³/mol. The van der Waals surface area contributed by atoms with Crippen molar-refractivity contribution >= 4 is 39.1 Å². The number of sulfonamides is 1. The maximum atomic E-state index is 13.9. The zero-order valence-corrected chi connectivity index (χ0v) is 24.1. The molecule has 0 bridgehead atoms. The average molecular weight is 572 g/mol. The normalized spacial score (nSPS) is 12.1. The topological polar surface area (TPSA) is 96.0 Å². The van der Waals surface area contributed by atoms with Crippen molar-refractivity contribution in [3.63, 3.8) is 0 Å². The van der Waals surface area contributed by atoms with Gasteiger partial charge in [0.2, 0.25) is 11.8 Å². The summed E-state index contributed by atoms with van der Waals surface area (Å²) >= 11 is 6.19. The molecule has 0 heterocycles. The van der Waals surface area contributed by atoms with Gasteiger partial charge in [-0.15, -0.1) is 0 Å². The van der Waals surface area contributed by atoms with Gasteiger partial charge in [0.05, 0.1) is 17.7 Å². The quantitative estimate of drug-likeness (QED) is 0.339. The van der Waals surface area contributed by atoms with Crippen LogP contribution >= 0.6 is 11.6 Å². The van der Waals surface area contributed by atoms with Crippen molar-refractivity contribution in [1.29, 1.82) is 0 Å². The Hall–Kier alpha value is -3.56. The number of amides is 2. The zero-order chi connectivity index (χ0) is 28.6. The number of hydrogen-bond acceptors (Lipinski definition) is 5. The highest BCUT2D eigenvalue weighted by atomic mass is 35.5. The van der Waals surface area contributed by atoms with E-state index in [-0.39, 0.29) is 29.0 Å². The molecular weight excluding hydrogens is 538 g/mol. The number of hydrogen-bond donors (Lipinski definition) is 1. The molecule has 208 valence electrons. The lowest BCUT2D eigenvalue weighted by atomic mass is 10.1. The maximum Gasteiger partial charge on any atom is 0.264 e. The number of benzene rings is 3. The number of nitrogens with one attached hydrogen (secondary N) is 1. The number of methoxy groups -OCH3 is 1. The van der Waals surface area contributed by atoms with Crippen molar-refractivity contribution in [1.82, 2.24) is 10.2 Å². The van der Waals surface area contributed by atoms with E-state index in [2.05, 4.69) is 5.32 Å². The van der Waals surface area contributed by atoms with E-state index in [1.54, 1.807) is 74.7 Å². The van der Waals surface area contributed by atoms with E-state index in [9.17, 15) is 18.0 Å². The second kappa shape index (κ2) is 13.5. The highest BCUT2D eigenvalue weighted by Crippen LogP contribution is 2.27. The lowest BCUT2D eigenvalue weighted by Crippen LogP contribution is -2.51. The molecule has 3 aromatic carbocycles. The number of carbonyl (C=O) groups excluding carboxylic acids is 2. The average Bonchev–Trinajstić information content (AvgIpc) is 2.93.